The molecule has 1 amide bonds. The molecule has 4 aromatic rings. The standard InChI is InChI=1S/C26H25N3O/c1-17-9-11-21(12-10-17)25-16-23(28-29(25)24-8-6-5-7-20(24)4)26(30)27-22-14-18(2)13-19(3)15-22/h5-16H,1-4H3,(H,27,30). The van der Waals surface area contributed by atoms with Crippen LogP contribution in [0.3, 0.4) is 0 Å². The largest absolute Gasteiger partial charge is 0.321 e. The number of anilines is 1. The van der Waals surface area contributed by atoms with Crippen molar-refractivity contribution in [2.24, 2.45) is 0 Å². The Bertz CT molecular complexity index is 1200. The highest BCUT2D eigenvalue weighted by molar-refractivity contribution is 6.03. The molecule has 0 aliphatic rings. The molecule has 0 fully saturated rings. The van der Waals surface area contributed by atoms with Crippen LogP contribution in [-0.4, -0.2) is 15.7 Å². The lowest BCUT2D eigenvalue weighted by atomic mass is 10.1. The minimum atomic E-state index is -0.222. The summed E-state index contributed by atoms with van der Waals surface area (Å²) in [5, 5.41) is 7.68. The number of hydrogen-bond donors (Lipinski definition) is 1. The maximum absolute atomic E-state index is 13.0. The van der Waals surface area contributed by atoms with Gasteiger partial charge in [-0.1, -0.05) is 54.1 Å². The molecular formula is C26H25N3O. The van der Waals surface area contributed by atoms with Crippen molar-refractivity contribution in [2.45, 2.75) is 27.7 Å². The molecule has 4 nitrogen and oxygen atoms in total. The topological polar surface area (TPSA) is 46.9 Å². The van der Waals surface area contributed by atoms with Crippen molar-refractivity contribution in [3.63, 3.8) is 0 Å². The molecule has 1 aromatic heterocycles. The predicted octanol–water partition coefficient (Wildman–Crippen LogP) is 6.03. The highest BCUT2D eigenvalue weighted by atomic mass is 16.1. The second kappa shape index (κ2) is 7.99. The van der Waals surface area contributed by atoms with Gasteiger partial charge in [-0.05, 0) is 68.7 Å². The van der Waals surface area contributed by atoms with E-state index in [1.165, 1.54) is 5.56 Å². The molecule has 0 aliphatic heterocycles. The van der Waals surface area contributed by atoms with Gasteiger partial charge >= 0.3 is 0 Å². The van der Waals surface area contributed by atoms with Crippen LogP contribution in [0.1, 0.15) is 32.7 Å². The Morgan fingerprint density at radius 2 is 1.47 bits per heavy atom. The Kier molecular flexibility index (Phi) is 5.23. The van der Waals surface area contributed by atoms with Gasteiger partial charge in [0.25, 0.3) is 5.91 Å². The maximum Gasteiger partial charge on any atom is 0.276 e. The highest BCUT2D eigenvalue weighted by Gasteiger charge is 2.18. The summed E-state index contributed by atoms with van der Waals surface area (Å²) in [4.78, 5) is 13.0. The van der Waals surface area contributed by atoms with Crippen molar-refractivity contribution >= 4 is 11.6 Å². The molecule has 0 saturated carbocycles. The molecule has 0 radical (unpaired) electrons. The van der Waals surface area contributed by atoms with E-state index in [1.807, 2.05) is 67.9 Å². The van der Waals surface area contributed by atoms with Crippen molar-refractivity contribution in [1.82, 2.24) is 9.78 Å². The fraction of sp³-hybridized carbons (Fsp3) is 0.154. The number of para-hydroxylation sites is 1. The number of rotatable bonds is 4. The zero-order valence-corrected chi connectivity index (χ0v) is 17.7. The Balaban J connectivity index is 1.77. The van der Waals surface area contributed by atoms with E-state index in [1.54, 1.807) is 0 Å². The monoisotopic (exact) mass is 395 g/mol. The normalized spacial score (nSPS) is 10.8. The van der Waals surface area contributed by atoms with Crippen molar-refractivity contribution in [1.29, 1.82) is 0 Å². The zero-order valence-electron chi connectivity index (χ0n) is 17.7. The zero-order chi connectivity index (χ0) is 21.3. The number of aryl methyl sites for hydroxylation is 4. The SMILES string of the molecule is Cc1ccc(-c2cc(C(=O)Nc3cc(C)cc(C)c3)nn2-c2ccccc2C)cc1. The minimum absolute atomic E-state index is 0.222. The number of benzene rings is 3. The van der Waals surface area contributed by atoms with Gasteiger partial charge in [-0.15, -0.1) is 0 Å². The van der Waals surface area contributed by atoms with Gasteiger partial charge in [0, 0.05) is 11.3 Å². The quantitative estimate of drug-likeness (QED) is 0.459. The number of nitrogens with one attached hydrogen (secondary N) is 1. The van der Waals surface area contributed by atoms with Crippen LogP contribution in [0, 0.1) is 27.7 Å². The van der Waals surface area contributed by atoms with Crippen LogP contribution in [0.5, 0.6) is 0 Å². The van der Waals surface area contributed by atoms with Crippen molar-refractivity contribution in [3.05, 3.63) is 101 Å². The molecule has 30 heavy (non-hydrogen) atoms. The van der Waals surface area contributed by atoms with Gasteiger partial charge in [0.05, 0.1) is 11.4 Å². The van der Waals surface area contributed by atoms with Gasteiger partial charge in [-0.2, -0.15) is 5.10 Å². The fourth-order valence-electron chi connectivity index (χ4n) is 3.65. The maximum atomic E-state index is 13.0. The van der Waals surface area contributed by atoms with E-state index < -0.39 is 0 Å². The average molecular weight is 396 g/mol. The first kappa shape index (κ1) is 19.6. The first-order chi connectivity index (χ1) is 14.4. The van der Waals surface area contributed by atoms with Crippen LogP contribution in [0.25, 0.3) is 16.9 Å². The number of aromatic nitrogens is 2. The molecule has 150 valence electrons. The smallest absolute Gasteiger partial charge is 0.276 e. The Morgan fingerprint density at radius 3 is 2.13 bits per heavy atom. The molecule has 0 aliphatic carbocycles. The van der Waals surface area contributed by atoms with Gasteiger partial charge in [0.15, 0.2) is 5.69 Å². The number of nitrogens with zero attached hydrogens (tertiary/aromatic N) is 2. The van der Waals surface area contributed by atoms with Gasteiger partial charge in [-0.25, -0.2) is 4.68 Å². The molecule has 3 aromatic carbocycles. The summed E-state index contributed by atoms with van der Waals surface area (Å²) in [6, 6.07) is 24.2. The molecule has 1 N–H and O–H groups in total. The van der Waals surface area contributed by atoms with E-state index >= 15 is 0 Å². The summed E-state index contributed by atoms with van der Waals surface area (Å²) < 4.78 is 1.86. The van der Waals surface area contributed by atoms with Gasteiger partial charge < -0.3 is 5.32 Å². The molecule has 0 atom stereocenters. The summed E-state index contributed by atoms with van der Waals surface area (Å²) in [6.07, 6.45) is 0. The van der Waals surface area contributed by atoms with Gasteiger partial charge in [0.2, 0.25) is 0 Å². The molecule has 4 heteroatoms. The Hall–Kier alpha value is -3.66. The first-order valence-corrected chi connectivity index (χ1v) is 10.0. The van der Waals surface area contributed by atoms with Crippen molar-refractivity contribution < 1.29 is 4.79 Å². The Labute approximate surface area is 177 Å². The highest BCUT2D eigenvalue weighted by Crippen LogP contribution is 2.26. The van der Waals surface area contributed by atoms with Crippen LogP contribution in [0.15, 0.2) is 72.8 Å². The van der Waals surface area contributed by atoms with E-state index in [9.17, 15) is 4.79 Å². The number of carbonyl (C=O) groups is 1. The first-order valence-electron chi connectivity index (χ1n) is 10.0. The van der Waals surface area contributed by atoms with Crippen LogP contribution in [0.2, 0.25) is 0 Å². The van der Waals surface area contributed by atoms with E-state index in [4.69, 9.17) is 0 Å². The summed E-state index contributed by atoms with van der Waals surface area (Å²) in [5.41, 5.74) is 8.51. The van der Waals surface area contributed by atoms with E-state index in [0.717, 1.165) is 39.3 Å². The lowest BCUT2D eigenvalue weighted by molar-refractivity contribution is 0.102. The fourth-order valence-corrected chi connectivity index (χ4v) is 3.65. The third kappa shape index (κ3) is 4.03. The molecular weight excluding hydrogens is 370 g/mol. The van der Waals surface area contributed by atoms with E-state index in [0.29, 0.717) is 5.69 Å². The van der Waals surface area contributed by atoms with Gasteiger partial charge in [-0.3, -0.25) is 4.79 Å². The lowest BCUT2D eigenvalue weighted by Crippen LogP contribution is -2.13. The summed E-state index contributed by atoms with van der Waals surface area (Å²) in [6.45, 7) is 8.15. The summed E-state index contributed by atoms with van der Waals surface area (Å²) in [5.74, 6) is -0.222. The molecule has 0 unspecified atom stereocenters. The lowest BCUT2D eigenvalue weighted by Gasteiger charge is -2.10. The number of carbonyl (C=O) groups excluding carboxylic acids is 1. The van der Waals surface area contributed by atoms with Crippen LogP contribution < -0.4 is 5.32 Å². The molecule has 0 saturated heterocycles. The molecule has 4 rings (SSSR count). The molecule has 0 bridgehead atoms. The Morgan fingerprint density at radius 1 is 0.800 bits per heavy atom. The van der Waals surface area contributed by atoms with E-state index in [2.05, 4.69) is 47.7 Å². The van der Waals surface area contributed by atoms with Crippen LogP contribution in [0.4, 0.5) is 5.69 Å². The van der Waals surface area contributed by atoms with E-state index in [-0.39, 0.29) is 5.91 Å². The third-order valence-corrected chi connectivity index (χ3v) is 5.11. The van der Waals surface area contributed by atoms with Gasteiger partial charge in [0.1, 0.15) is 0 Å². The minimum Gasteiger partial charge on any atom is -0.321 e. The summed E-state index contributed by atoms with van der Waals surface area (Å²) >= 11 is 0. The van der Waals surface area contributed by atoms with Crippen molar-refractivity contribution in [3.8, 4) is 16.9 Å². The summed E-state index contributed by atoms with van der Waals surface area (Å²) in [7, 11) is 0. The second-order valence-electron chi connectivity index (χ2n) is 7.81. The van der Waals surface area contributed by atoms with Crippen molar-refractivity contribution in [2.75, 3.05) is 5.32 Å². The number of amides is 1. The molecule has 1 heterocycles. The van der Waals surface area contributed by atoms with Crippen LogP contribution >= 0.6 is 0 Å². The third-order valence-electron chi connectivity index (χ3n) is 5.11. The second-order valence-corrected chi connectivity index (χ2v) is 7.81. The van der Waals surface area contributed by atoms with Crippen LogP contribution in [-0.2, 0) is 0 Å². The molecule has 0 spiro atoms. The predicted molar refractivity (Wildman–Crippen MR) is 122 cm³/mol. The number of hydrogen-bond acceptors (Lipinski definition) is 2. The average Bonchev–Trinajstić information content (AvgIpc) is 3.13.